The fourth-order valence-electron chi connectivity index (χ4n) is 2.07. The van der Waals surface area contributed by atoms with Crippen LogP contribution < -0.4 is 10.5 Å². The van der Waals surface area contributed by atoms with E-state index in [1.54, 1.807) is 6.92 Å². The Bertz CT molecular complexity index is 458. The Kier molecular flexibility index (Phi) is 5.17. The third-order valence-corrected chi connectivity index (χ3v) is 3.25. The number of nitrogens with two attached hydrogens (primary N) is 1. The molecule has 1 saturated heterocycles. The zero-order valence-corrected chi connectivity index (χ0v) is 11.6. The zero-order chi connectivity index (χ0) is 14.4. The van der Waals surface area contributed by atoms with Crippen molar-refractivity contribution in [1.82, 2.24) is 4.98 Å². The minimum atomic E-state index is -0.455. The molecular weight excluding hydrogens is 260 g/mol. The van der Waals surface area contributed by atoms with Gasteiger partial charge in [-0.25, -0.2) is 9.78 Å². The van der Waals surface area contributed by atoms with E-state index in [1.807, 2.05) is 0 Å². The number of carbonyl (C=O) groups excluding carboxylic acids is 1. The molecule has 0 aromatic carbocycles. The molecular formula is C14H20N2O4. The number of hydrogen-bond donors (Lipinski definition) is 1. The number of nitrogens with zero attached hydrogens (tertiary/aromatic N) is 1. The van der Waals surface area contributed by atoms with Gasteiger partial charge >= 0.3 is 5.97 Å². The lowest BCUT2D eigenvalue weighted by atomic mass is 10.0. The van der Waals surface area contributed by atoms with E-state index in [0.29, 0.717) is 30.6 Å². The van der Waals surface area contributed by atoms with E-state index in [4.69, 9.17) is 19.9 Å². The molecule has 0 radical (unpaired) electrons. The molecule has 0 unspecified atom stereocenters. The first-order valence-corrected chi connectivity index (χ1v) is 6.84. The molecule has 0 spiro atoms. The van der Waals surface area contributed by atoms with Crippen LogP contribution in [0.15, 0.2) is 12.3 Å². The predicted molar refractivity (Wildman–Crippen MR) is 73.6 cm³/mol. The van der Waals surface area contributed by atoms with Crippen molar-refractivity contribution in [3.63, 3.8) is 0 Å². The summed E-state index contributed by atoms with van der Waals surface area (Å²) in [5, 5.41) is 0. The molecule has 1 fully saturated rings. The van der Waals surface area contributed by atoms with Crippen molar-refractivity contribution in [3.8, 4) is 5.88 Å². The van der Waals surface area contributed by atoms with Crippen molar-refractivity contribution in [2.45, 2.75) is 19.8 Å². The first-order valence-electron chi connectivity index (χ1n) is 6.84. The Morgan fingerprint density at radius 2 is 2.25 bits per heavy atom. The summed E-state index contributed by atoms with van der Waals surface area (Å²) in [5.41, 5.74) is 6.45. The molecule has 0 saturated carbocycles. The number of anilines is 1. The summed E-state index contributed by atoms with van der Waals surface area (Å²) in [5.74, 6) is 0.279. The number of hydrogen-bond acceptors (Lipinski definition) is 6. The lowest BCUT2D eigenvalue weighted by molar-refractivity contribution is 0.0489. The molecule has 0 atom stereocenters. The first-order chi connectivity index (χ1) is 9.72. The maximum atomic E-state index is 11.7. The van der Waals surface area contributed by atoms with E-state index in [1.165, 1.54) is 12.3 Å². The van der Waals surface area contributed by atoms with Gasteiger partial charge in [-0.1, -0.05) is 0 Å². The van der Waals surface area contributed by atoms with Gasteiger partial charge in [-0.3, -0.25) is 0 Å². The number of rotatable bonds is 5. The number of pyridine rings is 1. The molecule has 6 nitrogen and oxygen atoms in total. The predicted octanol–water partition coefficient (Wildman–Crippen LogP) is 1.65. The van der Waals surface area contributed by atoms with E-state index < -0.39 is 5.97 Å². The first kappa shape index (κ1) is 14.6. The van der Waals surface area contributed by atoms with Crippen LogP contribution >= 0.6 is 0 Å². The molecule has 2 N–H and O–H groups in total. The van der Waals surface area contributed by atoms with Crippen LogP contribution in [0.3, 0.4) is 0 Å². The molecule has 2 heterocycles. The summed E-state index contributed by atoms with van der Waals surface area (Å²) < 4.78 is 15.9. The molecule has 110 valence electrons. The maximum Gasteiger partial charge on any atom is 0.340 e. The van der Waals surface area contributed by atoms with Crippen molar-refractivity contribution in [2.75, 3.05) is 32.2 Å². The fourth-order valence-corrected chi connectivity index (χ4v) is 2.07. The van der Waals surface area contributed by atoms with Crippen molar-refractivity contribution < 1.29 is 19.0 Å². The molecule has 1 aliphatic rings. The highest BCUT2D eigenvalue weighted by Gasteiger charge is 2.18. The fraction of sp³-hybridized carbons (Fsp3) is 0.571. The quantitative estimate of drug-likeness (QED) is 0.826. The van der Waals surface area contributed by atoms with Gasteiger partial charge in [0.2, 0.25) is 5.88 Å². The van der Waals surface area contributed by atoms with E-state index >= 15 is 0 Å². The van der Waals surface area contributed by atoms with E-state index in [9.17, 15) is 4.79 Å². The molecule has 1 aromatic heterocycles. The largest absolute Gasteiger partial charge is 0.476 e. The van der Waals surface area contributed by atoms with Crippen LogP contribution in [0.25, 0.3) is 0 Å². The normalized spacial score (nSPS) is 15.8. The van der Waals surface area contributed by atoms with Gasteiger partial charge in [0.1, 0.15) is 5.69 Å². The highest BCUT2D eigenvalue weighted by molar-refractivity contribution is 5.96. The Morgan fingerprint density at radius 1 is 1.50 bits per heavy atom. The van der Waals surface area contributed by atoms with Crippen LogP contribution in [0.1, 0.15) is 30.1 Å². The minimum Gasteiger partial charge on any atom is -0.476 e. The van der Waals surface area contributed by atoms with Crippen molar-refractivity contribution in [2.24, 2.45) is 5.92 Å². The molecule has 1 aliphatic heterocycles. The lowest BCUT2D eigenvalue weighted by Crippen LogP contribution is -2.22. The van der Waals surface area contributed by atoms with Crippen molar-refractivity contribution in [1.29, 1.82) is 0 Å². The van der Waals surface area contributed by atoms with Crippen LogP contribution in [-0.4, -0.2) is 37.4 Å². The SMILES string of the molecule is CCOC(=O)c1ccnc(OCC2CCOCC2)c1N. The standard InChI is InChI=1S/C14H20N2O4/c1-2-19-14(17)11-3-6-16-13(12(11)15)20-9-10-4-7-18-8-5-10/h3,6,10H,2,4-5,7-9,15H2,1H3. The molecule has 0 amide bonds. The van der Waals surface area contributed by atoms with E-state index in [-0.39, 0.29) is 5.69 Å². The molecule has 0 bridgehead atoms. The molecule has 0 aliphatic carbocycles. The summed E-state index contributed by atoms with van der Waals surface area (Å²) in [7, 11) is 0. The summed E-state index contributed by atoms with van der Waals surface area (Å²) in [6.45, 7) is 4.11. The average Bonchev–Trinajstić information content (AvgIpc) is 2.47. The number of carbonyl (C=O) groups is 1. The highest BCUT2D eigenvalue weighted by atomic mass is 16.5. The van der Waals surface area contributed by atoms with E-state index in [0.717, 1.165) is 26.1 Å². The van der Waals surface area contributed by atoms with Crippen LogP contribution in [0.2, 0.25) is 0 Å². The summed E-state index contributed by atoms with van der Waals surface area (Å²) >= 11 is 0. The smallest absolute Gasteiger partial charge is 0.340 e. The van der Waals surface area contributed by atoms with Gasteiger partial charge in [-0.05, 0) is 31.7 Å². The highest BCUT2D eigenvalue weighted by Crippen LogP contribution is 2.24. The average molecular weight is 280 g/mol. The Hall–Kier alpha value is -1.82. The van der Waals surface area contributed by atoms with Gasteiger partial charge in [0.05, 0.1) is 18.8 Å². The maximum absolute atomic E-state index is 11.7. The number of aromatic nitrogens is 1. The Morgan fingerprint density at radius 3 is 2.95 bits per heavy atom. The van der Waals surface area contributed by atoms with Crippen molar-refractivity contribution in [3.05, 3.63) is 17.8 Å². The monoisotopic (exact) mass is 280 g/mol. The second-order valence-corrected chi connectivity index (χ2v) is 4.66. The number of nitrogen functional groups attached to an aromatic ring is 1. The summed E-state index contributed by atoms with van der Waals surface area (Å²) in [4.78, 5) is 15.8. The van der Waals surface area contributed by atoms with Gasteiger partial charge in [-0.15, -0.1) is 0 Å². The second-order valence-electron chi connectivity index (χ2n) is 4.66. The molecule has 2 rings (SSSR count). The number of ether oxygens (including phenoxy) is 3. The third kappa shape index (κ3) is 3.60. The van der Waals surface area contributed by atoms with Gasteiger partial charge in [-0.2, -0.15) is 0 Å². The molecule has 20 heavy (non-hydrogen) atoms. The second kappa shape index (κ2) is 7.09. The van der Waals surface area contributed by atoms with Gasteiger partial charge in [0.15, 0.2) is 0 Å². The minimum absolute atomic E-state index is 0.234. The zero-order valence-electron chi connectivity index (χ0n) is 11.6. The topological polar surface area (TPSA) is 83.7 Å². The summed E-state index contributed by atoms with van der Waals surface area (Å²) in [6, 6.07) is 1.54. The van der Waals surface area contributed by atoms with Crippen LogP contribution in [0.5, 0.6) is 5.88 Å². The summed E-state index contributed by atoms with van der Waals surface area (Å²) in [6.07, 6.45) is 3.44. The molecule has 6 heteroatoms. The lowest BCUT2D eigenvalue weighted by Gasteiger charge is -2.22. The van der Waals surface area contributed by atoms with Crippen LogP contribution in [-0.2, 0) is 9.47 Å². The van der Waals surface area contributed by atoms with Gasteiger partial charge < -0.3 is 19.9 Å². The Labute approximate surface area is 118 Å². The van der Waals surface area contributed by atoms with Crippen molar-refractivity contribution >= 4 is 11.7 Å². The van der Waals surface area contributed by atoms with Gasteiger partial charge in [0, 0.05) is 19.4 Å². The molecule has 1 aromatic rings. The van der Waals surface area contributed by atoms with Crippen LogP contribution in [0, 0.1) is 5.92 Å². The van der Waals surface area contributed by atoms with Crippen LogP contribution in [0.4, 0.5) is 5.69 Å². The number of esters is 1. The Balaban J connectivity index is 2.00. The van der Waals surface area contributed by atoms with Gasteiger partial charge in [0.25, 0.3) is 0 Å². The van der Waals surface area contributed by atoms with E-state index in [2.05, 4.69) is 4.98 Å². The third-order valence-electron chi connectivity index (χ3n) is 3.25.